The Balaban J connectivity index is -0.00000000600. The van der Waals surface area contributed by atoms with E-state index in [1.54, 1.807) is 0 Å². The van der Waals surface area contributed by atoms with E-state index in [1.165, 1.54) is 0 Å². The Morgan fingerprint density at radius 1 is 0.571 bits per heavy atom. The zero-order chi connectivity index (χ0) is 7.15. The molecule has 14 heteroatoms. The second-order valence-corrected chi connectivity index (χ2v) is 0.447. The molecule has 0 saturated heterocycles. The first-order valence-electron chi connectivity index (χ1n) is 1.10. The van der Waals surface area contributed by atoms with E-state index in [9.17, 15) is 0 Å². The second-order valence-electron chi connectivity index (χ2n) is 0.447. The molecular formula is H10N2O11Sr. The van der Waals surface area contributed by atoms with Crippen LogP contribution < -0.4 is 0 Å². The van der Waals surface area contributed by atoms with Crippen LogP contribution in [-0.4, -0.2) is 83.0 Å². The number of hydrogen-bond donors (Lipinski definition) is 0. The summed E-state index contributed by atoms with van der Waals surface area (Å²) in [6.07, 6.45) is 0. The van der Waals surface area contributed by atoms with Gasteiger partial charge in [0.1, 0.15) is 0 Å². The molecule has 0 heterocycles. The van der Waals surface area contributed by atoms with E-state index in [0.29, 0.717) is 0 Å². The molecule has 0 fully saturated rings. The van der Waals surface area contributed by atoms with Gasteiger partial charge in [0.25, 0.3) is 0 Å². The van der Waals surface area contributed by atoms with Crippen LogP contribution in [0.2, 0.25) is 0 Å². The van der Waals surface area contributed by atoms with Gasteiger partial charge in [0.05, 0.1) is 10.2 Å². The van der Waals surface area contributed by atoms with E-state index in [4.69, 9.17) is 30.6 Å². The van der Waals surface area contributed by atoms with Gasteiger partial charge >= 0.3 is 45.5 Å². The molecule has 0 aromatic heterocycles. The molecule has 14 heavy (non-hydrogen) atoms. The summed E-state index contributed by atoms with van der Waals surface area (Å²) in [6.45, 7) is 0. The van der Waals surface area contributed by atoms with Crippen LogP contribution in [0.3, 0.4) is 0 Å². The van der Waals surface area contributed by atoms with Gasteiger partial charge in [-0.2, -0.15) is 0 Å². The first kappa shape index (κ1) is 68.2. The fourth-order valence-corrected chi connectivity index (χ4v) is 0. The third kappa shape index (κ3) is 13100. The standard InChI is InChI=1S/2NO3.5H2O.Sr/c2*2-1(3)4;;;;;;/h;;5*1H2;/q2*-1;;;;;;+2. The molecule has 0 aliphatic carbocycles. The van der Waals surface area contributed by atoms with E-state index >= 15 is 0 Å². The fourth-order valence-electron chi connectivity index (χ4n) is 0. The van der Waals surface area contributed by atoms with Crippen LogP contribution in [0.25, 0.3) is 0 Å². The van der Waals surface area contributed by atoms with Gasteiger partial charge in [-0.1, -0.05) is 0 Å². The third-order valence-corrected chi connectivity index (χ3v) is 0. The van der Waals surface area contributed by atoms with Crippen LogP contribution in [0.15, 0.2) is 0 Å². The molecule has 0 bridgehead atoms. The van der Waals surface area contributed by atoms with Gasteiger partial charge < -0.3 is 58.0 Å². The Morgan fingerprint density at radius 2 is 0.571 bits per heavy atom. The Morgan fingerprint density at radius 3 is 0.571 bits per heavy atom. The summed E-state index contributed by atoms with van der Waals surface area (Å²) >= 11 is 0. The summed E-state index contributed by atoms with van der Waals surface area (Å²) in [5.41, 5.74) is 0. The van der Waals surface area contributed by atoms with Crippen molar-refractivity contribution in [2.45, 2.75) is 0 Å². The molecular weight excluding hydrogens is 292 g/mol. The monoisotopic (exact) mass is 302 g/mol. The third-order valence-electron chi connectivity index (χ3n) is 0. The van der Waals surface area contributed by atoms with Crippen LogP contribution >= 0.6 is 0 Å². The molecule has 0 rings (SSSR count). The number of hydrogen-bond acceptors (Lipinski definition) is 6. The minimum atomic E-state index is -1.75. The molecule has 0 aromatic carbocycles. The quantitative estimate of drug-likeness (QED) is 0.239. The number of rotatable bonds is 0. The zero-order valence-corrected chi connectivity index (χ0v) is 10.0. The number of nitrogens with zero attached hydrogens (tertiary/aromatic N) is 2. The average molecular weight is 302 g/mol. The van der Waals surface area contributed by atoms with Crippen molar-refractivity contribution in [3.05, 3.63) is 30.6 Å². The molecule has 88 valence electrons. The molecule has 0 amide bonds. The summed E-state index contributed by atoms with van der Waals surface area (Å²) in [5.74, 6) is 0. The Hall–Kier alpha value is -0.319. The summed E-state index contributed by atoms with van der Waals surface area (Å²) in [6, 6.07) is 0. The second kappa shape index (κ2) is 53.6. The maximum absolute atomic E-state index is 8.25. The Bertz CT molecular complexity index is 71.3. The van der Waals surface area contributed by atoms with Gasteiger partial charge in [0.2, 0.25) is 0 Å². The molecule has 10 N–H and O–H groups in total. The van der Waals surface area contributed by atoms with Crippen molar-refractivity contribution in [1.29, 1.82) is 0 Å². The van der Waals surface area contributed by atoms with Crippen molar-refractivity contribution in [3.63, 3.8) is 0 Å². The van der Waals surface area contributed by atoms with Gasteiger partial charge in [-0.25, -0.2) is 0 Å². The first-order valence-corrected chi connectivity index (χ1v) is 1.10. The summed E-state index contributed by atoms with van der Waals surface area (Å²) in [5, 5.41) is 29.5. The largest absolute Gasteiger partial charge is 2.00 e. The first-order chi connectivity index (χ1) is 3.46. The molecule has 0 spiro atoms. The maximum atomic E-state index is 8.25. The van der Waals surface area contributed by atoms with Crippen molar-refractivity contribution in [1.82, 2.24) is 0 Å². The topological polar surface area (TPSA) is 290 Å². The van der Waals surface area contributed by atoms with Crippen molar-refractivity contribution in [2.24, 2.45) is 0 Å². The molecule has 0 aliphatic rings. The van der Waals surface area contributed by atoms with Crippen molar-refractivity contribution >= 4 is 45.5 Å². The normalized spacial score (nSPS) is 3.43. The van der Waals surface area contributed by atoms with E-state index in [2.05, 4.69) is 0 Å². The van der Waals surface area contributed by atoms with Crippen LogP contribution in [-0.2, 0) is 0 Å². The maximum Gasteiger partial charge on any atom is 2.00 e. The predicted octanol–water partition coefficient (Wildman–Crippen LogP) is -4.98. The molecule has 0 saturated carbocycles. The van der Waals surface area contributed by atoms with E-state index < -0.39 is 10.2 Å². The average Bonchev–Trinajstić information content (AvgIpc) is 1.25. The molecule has 0 atom stereocenters. The summed E-state index contributed by atoms with van der Waals surface area (Å²) in [4.78, 5) is 16.5. The summed E-state index contributed by atoms with van der Waals surface area (Å²) < 4.78 is 0. The van der Waals surface area contributed by atoms with E-state index in [0.717, 1.165) is 0 Å². The Labute approximate surface area is 113 Å². The van der Waals surface area contributed by atoms with Crippen LogP contribution in [0, 0.1) is 30.6 Å². The molecule has 0 aromatic rings. The van der Waals surface area contributed by atoms with Gasteiger partial charge in [0.15, 0.2) is 0 Å². The molecule has 0 radical (unpaired) electrons. The predicted molar refractivity (Wildman–Crippen MR) is 44.5 cm³/mol. The zero-order valence-electron chi connectivity index (χ0n) is 6.55. The van der Waals surface area contributed by atoms with Crippen LogP contribution in [0.4, 0.5) is 0 Å². The molecule has 0 unspecified atom stereocenters. The minimum Gasteiger partial charge on any atom is -0.412 e. The van der Waals surface area contributed by atoms with Crippen molar-refractivity contribution in [2.75, 3.05) is 0 Å². The minimum absolute atomic E-state index is 0. The van der Waals surface area contributed by atoms with Crippen molar-refractivity contribution in [3.8, 4) is 0 Å². The molecule has 13 nitrogen and oxygen atoms in total. The fraction of sp³-hybridized carbons (Fsp3) is 0. The van der Waals surface area contributed by atoms with Gasteiger partial charge in [-0.15, -0.1) is 0 Å². The SMILES string of the molecule is O.O.O.O.O.O=[N+]([O-])[O-].O=[N+]([O-])[O-].[Sr+2]. The molecule has 0 aliphatic heterocycles. The van der Waals surface area contributed by atoms with Gasteiger partial charge in [-0.05, 0) is 0 Å². The van der Waals surface area contributed by atoms with Crippen LogP contribution in [0.1, 0.15) is 0 Å². The smallest absolute Gasteiger partial charge is 0.412 e. The Kier molecular flexibility index (Phi) is 261. The van der Waals surface area contributed by atoms with Gasteiger partial charge in [-0.3, -0.25) is 0 Å². The van der Waals surface area contributed by atoms with Crippen LogP contribution in [0.5, 0.6) is 0 Å². The van der Waals surface area contributed by atoms with E-state index in [1.807, 2.05) is 0 Å². The van der Waals surface area contributed by atoms with Crippen molar-refractivity contribution < 1.29 is 37.6 Å². The van der Waals surface area contributed by atoms with Gasteiger partial charge in [0, 0.05) is 0 Å². The van der Waals surface area contributed by atoms with E-state index in [-0.39, 0.29) is 72.9 Å². The summed E-state index contributed by atoms with van der Waals surface area (Å²) in [7, 11) is 0.